The van der Waals surface area contributed by atoms with Crippen LogP contribution >= 0.6 is 0 Å². The summed E-state index contributed by atoms with van der Waals surface area (Å²) in [7, 11) is 2.14. The molecule has 1 N–H and O–H groups in total. The molecule has 1 heterocycles. The zero-order valence-electron chi connectivity index (χ0n) is 11.7. The number of aryl methyl sites for hydroxylation is 2. The fourth-order valence-electron chi connectivity index (χ4n) is 2.30. The average Bonchev–Trinajstić information content (AvgIpc) is 2.34. The van der Waals surface area contributed by atoms with E-state index in [1.807, 2.05) is 0 Å². The molecule has 1 aliphatic heterocycles. The van der Waals surface area contributed by atoms with Crippen molar-refractivity contribution in [2.75, 3.05) is 33.2 Å². The van der Waals surface area contributed by atoms with E-state index >= 15 is 0 Å². The van der Waals surface area contributed by atoms with Gasteiger partial charge in [0, 0.05) is 32.6 Å². The molecule has 0 saturated carbocycles. The summed E-state index contributed by atoms with van der Waals surface area (Å²) in [5.41, 5.74) is 3.89. The summed E-state index contributed by atoms with van der Waals surface area (Å²) < 4.78 is 0. The van der Waals surface area contributed by atoms with Crippen LogP contribution in [0, 0.1) is 19.3 Å². The Morgan fingerprint density at radius 3 is 2.39 bits per heavy atom. The lowest BCUT2D eigenvalue weighted by Gasteiger charge is -2.34. The third-order valence-corrected chi connectivity index (χ3v) is 3.83. The number of rotatable bonds is 2. The molecule has 1 aromatic carbocycles. The number of likely N-dealkylation sites (N-methyl/N-ethyl adjacent to an activating group) is 1. The Hall–Kier alpha value is -1.35. The number of benzene rings is 1. The predicted octanol–water partition coefficient (Wildman–Crippen LogP) is 2.07. The predicted molar refractivity (Wildman–Crippen MR) is 76.4 cm³/mol. The van der Waals surface area contributed by atoms with E-state index < -0.39 is 0 Å². The molecular weight excluding hydrogens is 222 g/mol. The molecule has 1 fully saturated rings. The number of piperazine rings is 1. The van der Waals surface area contributed by atoms with Crippen molar-refractivity contribution in [3.8, 4) is 0 Å². The first-order valence-corrected chi connectivity index (χ1v) is 6.63. The molecule has 18 heavy (non-hydrogen) atoms. The highest BCUT2D eigenvalue weighted by atomic mass is 15.3. The van der Waals surface area contributed by atoms with E-state index in [-0.39, 0.29) is 0 Å². The Morgan fingerprint density at radius 1 is 1.11 bits per heavy atom. The van der Waals surface area contributed by atoms with Crippen molar-refractivity contribution < 1.29 is 0 Å². The molecule has 1 aliphatic rings. The normalized spacial score (nSPS) is 16.9. The molecule has 3 nitrogen and oxygen atoms in total. The molecule has 0 spiro atoms. The number of nitrogens with zero attached hydrogens (tertiary/aromatic N) is 2. The van der Waals surface area contributed by atoms with Gasteiger partial charge < -0.3 is 9.80 Å². The second-order valence-corrected chi connectivity index (χ2v) is 5.33. The van der Waals surface area contributed by atoms with Crippen LogP contribution in [-0.4, -0.2) is 48.9 Å². The lowest BCUT2D eigenvalue weighted by Crippen LogP contribution is -2.47. The molecular formula is C15H23N3. The Balaban J connectivity index is 1.96. The highest BCUT2D eigenvalue weighted by molar-refractivity contribution is 5.81. The van der Waals surface area contributed by atoms with Crippen molar-refractivity contribution in [2.45, 2.75) is 20.3 Å². The Bertz CT molecular complexity index is 431. The zero-order chi connectivity index (χ0) is 13.1. The van der Waals surface area contributed by atoms with Crippen LogP contribution in [0.3, 0.4) is 0 Å². The summed E-state index contributed by atoms with van der Waals surface area (Å²) in [5, 5.41) is 8.22. The van der Waals surface area contributed by atoms with E-state index in [2.05, 4.69) is 48.9 Å². The van der Waals surface area contributed by atoms with Crippen LogP contribution in [0.25, 0.3) is 0 Å². The Labute approximate surface area is 110 Å². The highest BCUT2D eigenvalue weighted by Gasteiger charge is 2.16. The van der Waals surface area contributed by atoms with Gasteiger partial charge in [0.05, 0.1) is 0 Å². The number of nitrogens with one attached hydrogen (secondary N) is 1. The minimum atomic E-state index is 0.755. The summed E-state index contributed by atoms with van der Waals surface area (Å²) in [6, 6.07) is 6.51. The molecule has 0 unspecified atom stereocenters. The average molecular weight is 245 g/mol. The standard InChI is InChI=1S/C15H23N3/c1-12-4-5-14(10-13(12)2)11-15(16)18-8-6-17(3)7-9-18/h4-5,10,16H,6-9,11H2,1-3H3. The summed E-state index contributed by atoms with van der Waals surface area (Å²) in [4.78, 5) is 4.52. The van der Waals surface area contributed by atoms with Gasteiger partial charge in [-0.2, -0.15) is 0 Å². The van der Waals surface area contributed by atoms with Crippen LogP contribution in [0.4, 0.5) is 0 Å². The third kappa shape index (κ3) is 3.10. The fourth-order valence-corrected chi connectivity index (χ4v) is 2.30. The second kappa shape index (κ2) is 5.53. The van der Waals surface area contributed by atoms with Crippen LogP contribution in [0.1, 0.15) is 16.7 Å². The molecule has 2 rings (SSSR count). The molecule has 1 aromatic rings. The van der Waals surface area contributed by atoms with E-state index in [4.69, 9.17) is 5.41 Å². The molecule has 0 aromatic heterocycles. The first kappa shape index (κ1) is 13.1. The highest BCUT2D eigenvalue weighted by Crippen LogP contribution is 2.12. The molecule has 0 radical (unpaired) electrons. The van der Waals surface area contributed by atoms with Crippen LogP contribution < -0.4 is 0 Å². The van der Waals surface area contributed by atoms with E-state index in [9.17, 15) is 0 Å². The van der Waals surface area contributed by atoms with Crippen molar-refractivity contribution in [3.05, 3.63) is 34.9 Å². The first-order valence-electron chi connectivity index (χ1n) is 6.63. The van der Waals surface area contributed by atoms with Gasteiger partial charge in [0.15, 0.2) is 0 Å². The SMILES string of the molecule is Cc1ccc(CC(=N)N2CCN(C)CC2)cc1C. The third-order valence-electron chi connectivity index (χ3n) is 3.83. The van der Waals surface area contributed by atoms with Crippen LogP contribution in [0.2, 0.25) is 0 Å². The number of hydrogen-bond donors (Lipinski definition) is 1. The topological polar surface area (TPSA) is 30.3 Å². The molecule has 98 valence electrons. The van der Waals surface area contributed by atoms with E-state index in [1.54, 1.807) is 0 Å². The molecule has 0 bridgehead atoms. The van der Waals surface area contributed by atoms with E-state index in [0.29, 0.717) is 0 Å². The van der Waals surface area contributed by atoms with Gasteiger partial charge in [-0.1, -0.05) is 18.2 Å². The molecule has 3 heteroatoms. The maximum absolute atomic E-state index is 8.22. The summed E-state index contributed by atoms with van der Waals surface area (Å²) >= 11 is 0. The number of amidine groups is 1. The largest absolute Gasteiger partial charge is 0.358 e. The van der Waals surface area contributed by atoms with Crippen molar-refractivity contribution in [1.29, 1.82) is 5.41 Å². The van der Waals surface area contributed by atoms with Crippen molar-refractivity contribution in [1.82, 2.24) is 9.80 Å². The minimum Gasteiger partial charge on any atom is -0.358 e. The van der Waals surface area contributed by atoms with Gasteiger partial charge in [-0.3, -0.25) is 5.41 Å². The lowest BCUT2D eigenvalue weighted by atomic mass is 10.0. The van der Waals surface area contributed by atoms with E-state index in [0.717, 1.165) is 38.4 Å². The van der Waals surface area contributed by atoms with Gasteiger partial charge in [-0.05, 0) is 37.6 Å². The molecule has 1 saturated heterocycles. The van der Waals surface area contributed by atoms with Gasteiger partial charge >= 0.3 is 0 Å². The molecule has 0 aliphatic carbocycles. The van der Waals surface area contributed by atoms with Crippen LogP contribution in [0.15, 0.2) is 18.2 Å². The maximum atomic E-state index is 8.22. The Kier molecular flexibility index (Phi) is 4.02. The maximum Gasteiger partial charge on any atom is 0.100 e. The zero-order valence-corrected chi connectivity index (χ0v) is 11.7. The lowest BCUT2D eigenvalue weighted by molar-refractivity contribution is 0.213. The van der Waals surface area contributed by atoms with E-state index in [1.165, 1.54) is 16.7 Å². The smallest absolute Gasteiger partial charge is 0.100 e. The van der Waals surface area contributed by atoms with Crippen LogP contribution in [0.5, 0.6) is 0 Å². The van der Waals surface area contributed by atoms with Crippen molar-refractivity contribution in [2.24, 2.45) is 0 Å². The van der Waals surface area contributed by atoms with Gasteiger partial charge in [0.2, 0.25) is 0 Å². The monoisotopic (exact) mass is 245 g/mol. The Morgan fingerprint density at radius 2 is 1.78 bits per heavy atom. The second-order valence-electron chi connectivity index (χ2n) is 5.33. The summed E-state index contributed by atoms with van der Waals surface area (Å²) in [6.07, 6.45) is 0.755. The number of hydrogen-bond acceptors (Lipinski definition) is 2. The molecule has 0 atom stereocenters. The quantitative estimate of drug-likeness (QED) is 0.638. The van der Waals surface area contributed by atoms with Gasteiger partial charge in [0.1, 0.15) is 5.84 Å². The van der Waals surface area contributed by atoms with Crippen LogP contribution in [-0.2, 0) is 6.42 Å². The van der Waals surface area contributed by atoms with Crippen molar-refractivity contribution >= 4 is 5.84 Å². The first-order chi connectivity index (χ1) is 8.56. The van der Waals surface area contributed by atoms with Gasteiger partial charge in [-0.25, -0.2) is 0 Å². The fraction of sp³-hybridized carbons (Fsp3) is 0.533. The minimum absolute atomic E-state index is 0.755. The van der Waals surface area contributed by atoms with Gasteiger partial charge in [0.25, 0.3) is 0 Å². The van der Waals surface area contributed by atoms with Crippen molar-refractivity contribution in [3.63, 3.8) is 0 Å². The molecule has 0 amide bonds. The summed E-state index contributed by atoms with van der Waals surface area (Å²) in [6.45, 7) is 8.37. The van der Waals surface area contributed by atoms with Gasteiger partial charge in [-0.15, -0.1) is 0 Å². The summed E-state index contributed by atoms with van der Waals surface area (Å²) in [5.74, 6) is 0.756.